The molecular weight excluding hydrogens is 245 g/mol. The van der Waals surface area contributed by atoms with Crippen LogP contribution >= 0.6 is 0 Å². The van der Waals surface area contributed by atoms with Crippen molar-refractivity contribution in [2.45, 2.75) is 20.0 Å². The van der Waals surface area contributed by atoms with Crippen molar-refractivity contribution in [2.75, 3.05) is 11.0 Å². The summed E-state index contributed by atoms with van der Waals surface area (Å²) in [6.45, 7) is 3.62. The van der Waals surface area contributed by atoms with Gasteiger partial charge in [0.1, 0.15) is 5.82 Å². The summed E-state index contributed by atoms with van der Waals surface area (Å²) >= 11 is 0. The topological polar surface area (TPSA) is 66.4 Å². The highest BCUT2D eigenvalue weighted by molar-refractivity contribution is 7.92. The van der Waals surface area contributed by atoms with Crippen LogP contribution in [0.3, 0.4) is 0 Å². The Morgan fingerprint density at radius 3 is 2.35 bits per heavy atom. The predicted molar refractivity (Wildman–Crippen MR) is 64.7 cm³/mol. The first kappa shape index (κ1) is 13.9. The lowest BCUT2D eigenvalue weighted by Crippen LogP contribution is -2.12. The lowest BCUT2D eigenvalue weighted by atomic mass is 9.99. The molecule has 0 aliphatic rings. The molecule has 1 aromatic rings. The Morgan fingerprint density at radius 2 is 1.94 bits per heavy atom. The van der Waals surface area contributed by atoms with E-state index in [4.69, 9.17) is 0 Å². The molecule has 0 amide bonds. The number of aliphatic hydroxyl groups is 1. The van der Waals surface area contributed by atoms with Gasteiger partial charge in [-0.3, -0.25) is 4.72 Å². The van der Waals surface area contributed by atoms with Crippen LogP contribution in [0.25, 0.3) is 0 Å². The second-order valence-electron chi connectivity index (χ2n) is 4.30. The van der Waals surface area contributed by atoms with Gasteiger partial charge in [-0.15, -0.1) is 0 Å². The number of rotatable bonds is 4. The van der Waals surface area contributed by atoms with Crippen molar-refractivity contribution in [3.63, 3.8) is 0 Å². The van der Waals surface area contributed by atoms with Crippen molar-refractivity contribution in [3.8, 4) is 0 Å². The van der Waals surface area contributed by atoms with Gasteiger partial charge in [-0.05, 0) is 23.6 Å². The van der Waals surface area contributed by atoms with E-state index in [1.165, 1.54) is 12.1 Å². The van der Waals surface area contributed by atoms with Crippen LogP contribution in [0.1, 0.15) is 25.5 Å². The van der Waals surface area contributed by atoms with Gasteiger partial charge < -0.3 is 5.11 Å². The number of hydrogen-bond donors (Lipinski definition) is 2. The van der Waals surface area contributed by atoms with Crippen molar-refractivity contribution in [1.29, 1.82) is 0 Å². The molecule has 6 heteroatoms. The summed E-state index contributed by atoms with van der Waals surface area (Å²) in [5.74, 6) is -0.740. The lowest BCUT2D eigenvalue weighted by molar-refractivity contribution is 0.126. The van der Waals surface area contributed by atoms with Gasteiger partial charge in [-0.1, -0.05) is 19.9 Å². The molecule has 4 nitrogen and oxygen atoms in total. The van der Waals surface area contributed by atoms with Crippen molar-refractivity contribution in [2.24, 2.45) is 5.92 Å². The van der Waals surface area contributed by atoms with Crippen molar-refractivity contribution in [1.82, 2.24) is 0 Å². The van der Waals surface area contributed by atoms with Gasteiger partial charge in [-0.25, -0.2) is 12.8 Å². The van der Waals surface area contributed by atoms with E-state index in [9.17, 15) is 17.9 Å². The van der Waals surface area contributed by atoms with Crippen LogP contribution in [-0.4, -0.2) is 19.8 Å². The van der Waals surface area contributed by atoms with Crippen LogP contribution in [0.4, 0.5) is 10.1 Å². The molecule has 0 heterocycles. The molecule has 0 spiro atoms. The third kappa shape index (κ3) is 3.98. The van der Waals surface area contributed by atoms with E-state index < -0.39 is 21.9 Å². The number of hydrogen-bond acceptors (Lipinski definition) is 3. The predicted octanol–water partition coefficient (Wildman–Crippen LogP) is 1.89. The average Bonchev–Trinajstić information content (AvgIpc) is 2.18. The Hall–Kier alpha value is -1.14. The molecule has 0 fully saturated rings. The fourth-order valence-electron chi connectivity index (χ4n) is 1.38. The van der Waals surface area contributed by atoms with Gasteiger partial charge in [0.2, 0.25) is 10.0 Å². The first-order valence-corrected chi connectivity index (χ1v) is 7.05. The quantitative estimate of drug-likeness (QED) is 0.869. The number of benzene rings is 1. The zero-order valence-electron chi connectivity index (χ0n) is 9.94. The summed E-state index contributed by atoms with van der Waals surface area (Å²) in [7, 11) is -3.50. The van der Waals surface area contributed by atoms with Gasteiger partial charge in [-0.2, -0.15) is 0 Å². The molecule has 1 rings (SSSR count). The fourth-order valence-corrected chi connectivity index (χ4v) is 1.95. The Kier molecular flexibility index (Phi) is 4.11. The molecule has 96 valence electrons. The maximum atomic E-state index is 13.6. The van der Waals surface area contributed by atoms with Gasteiger partial charge in [0, 0.05) is 0 Å². The van der Waals surface area contributed by atoms with Gasteiger partial charge in [0.05, 0.1) is 18.0 Å². The van der Waals surface area contributed by atoms with E-state index in [1.54, 1.807) is 0 Å². The van der Waals surface area contributed by atoms with Crippen molar-refractivity contribution in [3.05, 3.63) is 29.6 Å². The summed E-state index contributed by atoms with van der Waals surface area (Å²) in [4.78, 5) is 0. The maximum absolute atomic E-state index is 13.6. The smallest absolute Gasteiger partial charge is 0.229 e. The molecule has 0 aliphatic heterocycles. The summed E-state index contributed by atoms with van der Waals surface area (Å²) < 4.78 is 37.5. The summed E-state index contributed by atoms with van der Waals surface area (Å²) in [6, 6.07) is 3.94. The monoisotopic (exact) mass is 261 g/mol. The lowest BCUT2D eigenvalue weighted by Gasteiger charge is -2.15. The maximum Gasteiger partial charge on any atom is 0.229 e. The number of nitrogens with one attached hydrogen (secondary N) is 1. The molecular formula is C11H16FNO3S. The molecule has 0 aromatic heterocycles. The molecule has 0 aliphatic carbocycles. The SMILES string of the molecule is CC(C)C(O)c1ccc(NS(C)(=O)=O)c(F)c1. The minimum absolute atomic E-state index is 0.0388. The van der Waals surface area contributed by atoms with E-state index >= 15 is 0 Å². The van der Waals surface area contributed by atoms with Crippen LogP contribution in [0.15, 0.2) is 18.2 Å². The van der Waals surface area contributed by atoms with E-state index in [0.29, 0.717) is 5.56 Å². The second kappa shape index (κ2) is 5.01. The average molecular weight is 261 g/mol. The van der Waals surface area contributed by atoms with Crippen LogP contribution < -0.4 is 4.72 Å². The van der Waals surface area contributed by atoms with Crippen molar-refractivity contribution < 1.29 is 17.9 Å². The summed E-state index contributed by atoms with van der Waals surface area (Å²) in [6.07, 6.45) is 0.181. The van der Waals surface area contributed by atoms with E-state index in [1.807, 2.05) is 13.8 Å². The summed E-state index contributed by atoms with van der Waals surface area (Å²) in [5.41, 5.74) is 0.309. The highest BCUT2D eigenvalue weighted by Gasteiger charge is 2.15. The highest BCUT2D eigenvalue weighted by atomic mass is 32.2. The molecule has 1 aromatic carbocycles. The van der Waals surface area contributed by atoms with Crippen LogP contribution in [0, 0.1) is 11.7 Å². The molecule has 1 unspecified atom stereocenters. The van der Waals surface area contributed by atoms with Crippen LogP contribution in [0.5, 0.6) is 0 Å². The Labute approximate surface area is 101 Å². The van der Waals surface area contributed by atoms with Crippen molar-refractivity contribution >= 4 is 15.7 Å². The molecule has 0 radical (unpaired) electrons. The third-order valence-corrected chi connectivity index (χ3v) is 2.85. The van der Waals surface area contributed by atoms with E-state index in [-0.39, 0.29) is 11.6 Å². The largest absolute Gasteiger partial charge is 0.388 e. The second-order valence-corrected chi connectivity index (χ2v) is 6.05. The zero-order valence-corrected chi connectivity index (χ0v) is 10.8. The first-order chi connectivity index (χ1) is 7.70. The molecule has 0 bridgehead atoms. The van der Waals surface area contributed by atoms with Gasteiger partial charge >= 0.3 is 0 Å². The minimum Gasteiger partial charge on any atom is -0.388 e. The number of sulfonamides is 1. The number of aliphatic hydroxyl groups excluding tert-OH is 1. The van der Waals surface area contributed by atoms with Gasteiger partial charge in [0.25, 0.3) is 0 Å². The minimum atomic E-state index is -3.50. The Bertz CT molecular complexity index is 499. The Balaban J connectivity index is 3.02. The van der Waals surface area contributed by atoms with E-state index in [0.717, 1.165) is 12.3 Å². The van der Waals surface area contributed by atoms with Crippen LogP contribution in [0.2, 0.25) is 0 Å². The molecule has 1 atom stereocenters. The normalized spacial score (nSPS) is 13.8. The molecule has 0 saturated carbocycles. The number of halogens is 1. The molecule has 0 saturated heterocycles. The molecule has 17 heavy (non-hydrogen) atoms. The third-order valence-electron chi connectivity index (χ3n) is 2.26. The van der Waals surface area contributed by atoms with Gasteiger partial charge in [0.15, 0.2) is 0 Å². The Morgan fingerprint density at radius 1 is 1.35 bits per heavy atom. The standard InChI is InChI=1S/C11H16FNO3S/c1-7(2)11(14)8-4-5-10(9(12)6-8)13-17(3,15)16/h4-7,11,13-14H,1-3H3. The zero-order chi connectivity index (χ0) is 13.2. The number of anilines is 1. The fraction of sp³-hybridized carbons (Fsp3) is 0.455. The summed E-state index contributed by atoms with van der Waals surface area (Å²) in [5, 5.41) is 9.74. The van der Waals surface area contributed by atoms with Crippen LogP contribution in [-0.2, 0) is 10.0 Å². The molecule has 2 N–H and O–H groups in total. The van der Waals surface area contributed by atoms with E-state index in [2.05, 4.69) is 4.72 Å². The highest BCUT2D eigenvalue weighted by Crippen LogP contribution is 2.25. The first-order valence-electron chi connectivity index (χ1n) is 5.16.